The van der Waals surface area contributed by atoms with Crippen LogP contribution in [0.4, 0.5) is 11.4 Å². The fraction of sp³-hybridized carbons (Fsp3) is 0. The van der Waals surface area contributed by atoms with Crippen molar-refractivity contribution in [3.05, 3.63) is 101 Å². The maximum absolute atomic E-state index is 12.9. The van der Waals surface area contributed by atoms with E-state index in [1.165, 1.54) is 11.3 Å². The van der Waals surface area contributed by atoms with Crippen LogP contribution in [0, 0.1) is 0 Å². The van der Waals surface area contributed by atoms with E-state index in [2.05, 4.69) is 20.6 Å². The normalized spacial score (nSPS) is 10.8. The minimum atomic E-state index is -0.338. The highest BCUT2D eigenvalue weighted by atomic mass is 32.1. The predicted octanol–water partition coefficient (Wildman–Crippen LogP) is 4.99. The zero-order valence-electron chi connectivity index (χ0n) is 16.7. The molecule has 0 spiro atoms. The molecule has 3 aromatic heterocycles. The third-order valence-corrected chi connectivity index (χ3v) is 5.74. The smallest absolute Gasteiger partial charge is 0.265 e. The quantitative estimate of drug-likeness (QED) is 0.404. The van der Waals surface area contributed by atoms with Crippen molar-refractivity contribution in [2.75, 3.05) is 10.6 Å². The number of rotatable bonds is 5. The number of hydrogen-bond donors (Lipinski definition) is 2. The number of carbonyl (C=O) groups is 2. The summed E-state index contributed by atoms with van der Waals surface area (Å²) in [5, 5.41) is 7.48. The first kappa shape index (κ1) is 19.7. The first-order chi connectivity index (χ1) is 15.7. The second kappa shape index (κ2) is 8.44. The first-order valence-electron chi connectivity index (χ1n) is 9.83. The molecule has 8 heteroatoms. The molecule has 0 unspecified atom stereocenters. The summed E-state index contributed by atoms with van der Waals surface area (Å²) in [6, 6.07) is 21.8. The van der Waals surface area contributed by atoms with E-state index < -0.39 is 0 Å². The van der Waals surface area contributed by atoms with Crippen molar-refractivity contribution in [1.29, 1.82) is 0 Å². The average molecular weight is 440 g/mol. The Kier molecular flexibility index (Phi) is 5.19. The average Bonchev–Trinajstić information content (AvgIpc) is 3.50. The van der Waals surface area contributed by atoms with E-state index in [1.54, 1.807) is 55.0 Å². The third-order valence-electron chi connectivity index (χ3n) is 4.87. The van der Waals surface area contributed by atoms with Gasteiger partial charge in [0.2, 0.25) is 0 Å². The van der Waals surface area contributed by atoms with Gasteiger partial charge in [-0.3, -0.25) is 14.2 Å². The van der Waals surface area contributed by atoms with Gasteiger partial charge in [0, 0.05) is 0 Å². The molecular weight excluding hydrogens is 422 g/mol. The molecule has 5 rings (SSSR count). The van der Waals surface area contributed by atoms with Gasteiger partial charge in [-0.25, -0.2) is 9.97 Å². The van der Waals surface area contributed by atoms with Gasteiger partial charge >= 0.3 is 0 Å². The molecule has 0 aliphatic rings. The van der Waals surface area contributed by atoms with Gasteiger partial charge in [-0.05, 0) is 47.8 Å². The number of nitrogens with one attached hydrogen (secondary N) is 2. The van der Waals surface area contributed by atoms with Crippen LogP contribution in [0.1, 0.15) is 20.0 Å². The first-order valence-corrected chi connectivity index (χ1v) is 10.7. The van der Waals surface area contributed by atoms with E-state index in [4.69, 9.17) is 0 Å². The van der Waals surface area contributed by atoms with Crippen molar-refractivity contribution in [3.8, 4) is 5.82 Å². The molecule has 2 amide bonds. The summed E-state index contributed by atoms with van der Waals surface area (Å²) < 4.78 is 1.89. The van der Waals surface area contributed by atoms with Crippen LogP contribution in [-0.4, -0.2) is 26.3 Å². The SMILES string of the molecule is O=C(Nc1ccccc1C(=O)Nc1ccc(-n2cnc3ccccc32)nc1)c1cccs1. The number of amides is 2. The van der Waals surface area contributed by atoms with E-state index in [1.807, 2.05) is 40.3 Å². The summed E-state index contributed by atoms with van der Waals surface area (Å²) in [5.41, 5.74) is 3.18. The number of anilines is 2. The summed E-state index contributed by atoms with van der Waals surface area (Å²) in [6.45, 7) is 0. The fourth-order valence-electron chi connectivity index (χ4n) is 3.32. The lowest BCUT2D eigenvalue weighted by Crippen LogP contribution is -2.17. The van der Waals surface area contributed by atoms with Crippen LogP contribution in [0.15, 0.2) is 90.7 Å². The highest BCUT2D eigenvalue weighted by Crippen LogP contribution is 2.21. The number of carbonyl (C=O) groups excluding carboxylic acids is 2. The van der Waals surface area contributed by atoms with Crippen LogP contribution >= 0.6 is 11.3 Å². The maximum atomic E-state index is 12.9. The summed E-state index contributed by atoms with van der Waals surface area (Å²) in [5.74, 6) is 0.105. The number of aromatic nitrogens is 3. The van der Waals surface area contributed by atoms with Crippen molar-refractivity contribution < 1.29 is 9.59 Å². The van der Waals surface area contributed by atoms with Gasteiger partial charge in [-0.15, -0.1) is 11.3 Å². The molecule has 0 aliphatic carbocycles. The topological polar surface area (TPSA) is 88.9 Å². The van der Waals surface area contributed by atoms with Gasteiger partial charge in [0.05, 0.1) is 39.0 Å². The van der Waals surface area contributed by atoms with E-state index in [0.29, 0.717) is 27.6 Å². The number of benzene rings is 2. The van der Waals surface area contributed by atoms with Crippen molar-refractivity contribution in [3.63, 3.8) is 0 Å². The third kappa shape index (κ3) is 3.86. The minimum Gasteiger partial charge on any atom is -0.321 e. The molecule has 2 N–H and O–H groups in total. The maximum Gasteiger partial charge on any atom is 0.265 e. The molecule has 32 heavy (non-hydrogen) atoms. The fourth-order valence-corrected chi connectivity index (χ4v) is 3.94. The molecule has 5 aromatic rings. The van der Waals surface area contributed by atoms with Gasteiger partial charge in [-0.2, -0.15) is 0 Å². The molecule has 0 aliphatic heterocycles. The standard InChI is InChI=1S/C24H17N5O2S/c30-23(17-6-1-2-7-18(17)28-24(31)21-10-5-13-32-21)27-16-11-12-22(25-14-16)29-15-26-19-8-3-4-9-20(19)29/h1-15H,(H,27,30)(H,28,31). The number of imidazole rings is 1. The Balaban J connectivity index is 1.34. The number of para-hydroxylation sites is 3. The number of hydrogen-bond acceptors (Lipinski definition) is 5. The largest absolute Gasteiger partial charge is 0.321 e. The second-order valence-corrected chi connectivity index (χ2v) is 7.89. The predicted molar refractivity (Wildman–Crippen MR) is 126 cm³/mol. The van der Waals surface area contributed by atoms with Crippen LogP contribution < -0.4 is 10.6 Å². The van der Waals surface area contributed by atoms with E-state index in [-0.39, 0.29) is 11.8 Å². The van der Waals surface area contributed by atoms with Crippen molar-refractivity contribution in [1.82, 2.24) is 14.5 Å². The van der Waals surface area contributed by atoms with Crippen molar-refractivity contribution in [2.45, 2.75) is 0 Å². The lowest BCUT2D eigenvalue weighted by molar-refractivity contribution is 0.102. The molecule has 0 radical (unpaired) electrons. The highest BCUT2D eigenvalue weighted by Gasteiger charge is 2.15. The molecule has 7 nitrogen and oxygen atoms in total. The molecule has 3 heterocycles. The Bertz CT molecular complexity index is 1410. The summed E-state index contributed by atoms with van der Waals surface area (Å²) in [7, 11) is 0. The monoisotopic (exact) mass is 439 g/mol. The minimum absolute atomic E-state index is 0.251. The van der Waals surface area contributed by atoms with Crippen LogP contribution in [0.5, 0.6) is 0 Å². The zero-order valence-corrected chi connectivity index (χ0v) is 17.5. The molecule has 0 bridgehead atoms. The number of thiophene rings is 1. The van der Waals surface area contributed by atoms with Gasteiger partial charge in [0.25, 0.3) is 11.8 Å². The molecule has 0 fully saturated rings. The lowest BCUT2D eigenvalue weighted by Gasteiger charge is -2.11. The van der Waals surface area contributed by atoms with Crippen LogP contribution in [0.3, 0.4) is 0 Å². The molecule has 2 aromatic carbocycles. The summed E-state index contributed by atoms with van der Waals surface area (Å²) in [6.07, 6.45) is 3.31. The van der Waals surface area contributed by atoms with Crippen LogP contribution in [-0.2, 0) is 0 Å². The zero-order chi connectivity index (χ0) is 21.9. The Morgan fingerprint density at radius 2 is 1.66 bits per heavy atom. The Hall–Kier alpha value is -4.30. The van der Waals surface area contributed by atoms with Gasteiger partial charge in [0.1, 0.15) is 12.1 Å². The lowest BCUT2D eigenvalue weighted by atomic mass is 10.1. The Morgan fingerprint density at radius 1 is 0.812 bits per heavy atom. The molecule has 0 saturated heterocycles. The van der Waals surface area contributed by atoms with E-state index in [0.717, 1.165) is 11.0 Å². The molecule has 156 valence electrons. The van der Waals surface area contributed by atoms with Crippen LogP contribution in [0.2, 0.25) is 0 Å². The summed E-state index contributed by atoms with van der Waals surface area (Å²) in [4.78, 5) is 34.7. The number of pyridine rings is 1. The van der Waals surface area contributed by atoms with Gasteiger partial charge in [-0.1, -0.05) is 30.3 Å². The van der Waals surface area contributed by atoms with Gasteiger partial charge in [0.15, 0.2) is 0 Å². The van der Waals surface area contributed by atoms with Crippen molar-refractivity contribution in [2.24, 2.45) is 0 Å². The highest BCUT2D eigenvalue weighted by molar-refractivity contribution is 7.12. The number of nitrogens with zero attached hydrogens (tertiary/aromatic N) is 3. The number of fused-ring (bicyclic) bond motifs is 1. The summed E-state index contributed by atoms with van der Waals surface area (Å²) >= 11 is 1.34. The Labute approximate surface area is 187 Å². The van der Waals surface area contributed by atoms with E-state index in [9.17, 15) is 9.59 Å². The van der Waals surface area contributed by atoms with Crippen molar-refractivity contribution >= 4 is 45.6 Å². The van der Waals surface area contributed by atoms with Gasteiger partial charge < -0.3 is 10.6 Å². The Morgan fingerprint density at radius 3 is 2.47 bits per heavy atom. The molecule has 0 atom stereocenters. The van der Waals surface area contributed by atoms with Crippen LogP contribution in [0.25, 0.3) is 16.9 Å². The molecular formula is C24H17N5O2S. The molecule has 0 saturated carbocycles. The second-order valence-electron chi connectivity index (χ2n) is 6.94. The van der Waals surface area contributed by atoms with E-state index >= 15 is 0 Å².